The molecule has 0 atom stereocenters. The van der Waals surface area contributed by atoms with E-state index in [2.05, 4.69) is 42.3 Å². The third kappa shape index (κ3) is 4.16. The lowest BCUT2D eigenvalue weighted by Crippen LogP contribution is -2.12. The van der Waals surface area contributed by atoms with Gasteiger partial charge in [0, 0.05) is 9.50 Å². The molecule has 2 aromatic heterocycles. The number of hydrogen-bond donors (Lipinski definition) is 1. The highest BCUT2D eigenvalue weighted by Crippen LogP contribution is 2.33. The molecule has 130 valence electrons. The van der Waals surface area contributed by atoms with Gasteiger partial charge in [-0.05, 0) is 69.5 Å². The van der Waals surface area contributed by atoms with E-state index in [1.165, 1.54) is 11.3 Å². The third-order valence-electron chi connectivity index (χ3n) is 3.73. The number of aryl methyl sites for hydroxylation is 1. The summed E-state index contributed by atoms with van der Waals surface area (Å²) in [6.07, 6.45) is 0. The fraction of sp³-hybridized carbons (Fsp3) is 0.176. The van der Waals surface area contributed by atoms with Gasteiger partial charge >= 0.3 is 0 Å². The number of rotatable bonds is 4. The SMILES string of the molecule is Cc1nn(Cc2ccc(Cl)cc2)c(C)c1NC(=O)c1cc(Br)c(Br)s1. The van der Waals surface area contributed by atoms with E-state index in [0.29, 0.717) is 16.4 Å². The van der Waals surface area contributed by atoms with Gasteiger partial charge in [-0.3, -0.25) is 9.48 Å². The Labute approximate surface area is 171 Å². The second-order valence-corrected chi connectivity index (χ2v) is 9.18. The monoisotopic (exact) mass is 501 g/mol. The Balaban J connectivity index is 1.81. The molecule has 1 aromatic carbocycles. The van der Waals surface area contributed by atoms with Crippen molar-refractivity contribution in [3.8, 4) is 0 Å². The molecule has 2 heterocycles. The number of carbonyl (C=O) groups excluding carboxylic acids is 1. The number of halogens is 3. The largest absolute Gasteiger partial charge is 0.318 e. The molecule has 3 aromatic rings. The van der Waals surface area contributed by atoms with E-state index in [-0.39, 0.29) is 5.91 Å². The van der Waals surface area contributed by atoms with Gasteiger partial charge in [0.05, 0.1) is 32.3 Å². The molecular weight excluding hydrogens is 490 g/mol. The van der Waals surface area contributed by atoms with Crippen LogP contribution in [0.2, 0.25) is 5.02 Å². The van der Waals surface area contributed by atoms with Gasteiger partial charge in [-0.15, -0.1) is 11.3 Å². The Bertz CT molecular complexity index is 915. The number of nitrogens with one attached hydrogen (secondary N) is 1. The second-order valence-electron chi connectivity index (χ2n) is 5.52. The van der Waals surface area contributed by atoms with Gasteiger partial charge in [0.25, 0.3) is 5.91 Å². The van der Waals surface area contributed by atoms with Crippen LogP contribution >= 0.6 is 54.8 Å². The summed E-state index contributed by atoms with van der Waals surface area (Å²) < 4.78 is 3.65. The predicted octanol–water partition coefficient (Wildman–Crippen LogP) is 6.04. The molecule has 0 aliphatic rings. The Kier molecular flexibility index (Phi) is 5.68. The maximum absolute atomic E-state index is 12.5. The van der Waals surface area contributed by atoms with E-state index < -0.39 is 0 Å². The van der Waals surface area contributed by atoms with Crippen LogP contribution in [0.1, 0.15) is 26.6 Å². The number of anilines is 1. The second kappa shape index (κ2) is 7.61. The third-order valence-corrected chi connectivity index (χ3v) is 7.24. The van der Waals surface area contributed by atoms with Crippen LogP contribution in [0, 0.1) is 13.8 Å². The van der Waals surface area contributed by atoms with Crippen LogP contribution in [0.3, 0.4) is 0 Å². The minimum absolute atomic E-state index is 0.145. The molecule has 0 fully saturated rings. The van der Waals surface area contributed by atoms with Crippen molar-refractivity contribution in [3.05, 3.63) is 65.4 Å². The van der Waals surface area contributed by atoms with Crippen molar-refractivity contribution in [1.82, 2.24) is 9.78 Å². The summed E-state index contributed by atoms with van der Waals surface area (Å²) in [5, 5.41) is 8.23. The minimum atomic E-state index is -0.145. The number of amides is 1. The van der Waals surface area contributed by atoms with Crippen molar-refractivity contribution in [3.63, 3.8) is 0 Å². The summed E-state index contributed by atoms with van der Waals surface area (Å²) in [5.41, 5.74) is 3.54. The van der Waals surface area contributed by atoms with E-state index in [0.717, 1.165) is 30.9 Å². The molecule has 0 aliphatic heterocycles. The first kappa shape index (κ1) is 18.6. The van der Waals surface area contributed by atoms with E-state index in [1.807, 2.05) is 42.8 Å². The van der Waals surface area contributed by atoms with Crippen LogP contribution in [0.25, 0.3) is 0 Å². The molecule has 0 unspecified atom stereocenters. The minimum Gasteiger partial charge on any atom is -0.318 e. The highest BCUT2D eigenvalue weighted by Gasteiger charge is 2.17. The van der Waals surface area contributed by atoms with Gasteiger partial charge in [0.2, 0.25) is 0 Å². The number of carbonyl (C=O) groups is 1. The summed E-state index contributed by atoms with van der Waals surface area (Å²) in [6, 6.07) is 9.46. The van der Waals surface area contributed by atoms with Crippen molar-refractivity contribution in [2.75, 3.05) is 5.32 Å². The fourth-order valence-electron chi connectivity index (χ4n) is 2.43. The van der Waals surface area contributed by atoms with Crippen molar-refractivity contribution in [2.45, 2.75) is 20.4 Å². The molecule has 8 heteroatoms. The van der Waals surface area contributed by atoms with Crippen LogP contribution in [-0.4, -0.2) is 15.7 Å². The normalized spacial score (nSPS) is 10.9. The quantitative estimate of drug-likeness (QED) is 0.472. The molecule has 0 saturated carbocycles. The van der Waals surface area contributed by atoms with Crippen LogP contribution in [0.15, 0.2) is 38.6 Å². The summed E-state index contributed by atoms with van der Waals surface area (Å²) in [4.78, 5) is 13.1. The smallest absolute Gasteiger partial charge is 0.265 e. The molecule has 0 radical (unpaired) electrons. The average molecular weight is 504 g/mol. The first-order chi connectivity index (χ1) is 11.8. The molecule has 0 bridgehead atoms. The van der Waals surface area contributed by atoms with Gasteiger partial charge < -0.3 is 5.32 Å². The van der Waals surface area contributed by atoms with Crippen molar-refractivity contribution in [2.24, 2.45) is 0 Å². The number of hydrogen-bond acceptors (Lipinski definition) is 3. The molecule has 4 nitrogen and oxygen atoms in total. The molecule has 25 heavy (non-hydrogen) atoms. The topological polar surface area (TPSA) is 46.9 Å². The van der Waals surface area contributed by atoms with E-state index in [1.54, 1.807) is 6.07 Å². The summed E-state index contributed by atoms with van der Waals surface area (Å²) in [7, 11) is 0. The van der Waals surface area contributed by atoms with Gasteiger partial charge in [-0.1, -0.05) is 23.7 Å². The molecule has 0 saturated heterocycles. The van der Waals surface area contributed by atoms with Gasteiger partial charge in [-0.2, -0.15) is 5.10 Å². The van der Waals surface area contributed by atoms with Gasteiger partial charge in [0.1, 0.15) is 0 Å². The molecular formula is C17H14Br2ClN3OS. The predicted molar refractivity (Wildman–Crippen MR) is 110 cm³/mol. The van der Waals surface area contributed by atoms with E-state index >= 15 is 0 Å². The van der Waals surface area contributed by atoms with Crippen LogP contribution in [0.4, 0.5) is 5.69 Å². The van der Waals surface area contributed by atoms with Crippen molar-refractivity contribution < 1.29 is 4.79 Å². The lowest BCUT2D eigenvalue weighted by atomic mass is 10.2. The zero-order chi connectivity index (χ0) is 18.1. The zero-order valence-corrected chi connectivity index (χ0v) is 18.2. The van der Waals surface area contributed by atoms with Crippen LogP contribution < -0.4 is 5.32 Å². The number of benzene rings is 1. The number of thiophene rings is 1. The van der Waals surface area contributed by atoms with Crippen LogP contribution in [-0.2, 0) is 6.54 Å². The summed E-state index contributed by atoms with van der Waals surface area (Å²) >= 11 is 14.1. The molecule has 0 aliphatic carbocycles. The maximum atomic E-state index is 12.5. The lowest BCUT2D eigenvalue weighted by molar-refractivity contribution is 0.103. The highest BCUT2D eigenvalue weighted by atomic mass is 79.9. The Hall–Kier alpha value is -1.15. The first-order valence-electron chi connectivity index (χ1n) is 7.40. The van der Waals surface area contributed by atoms with Gasteiger partial charge in [0.15, 0.2) is 0 Å². The van der Waals surface area contributed by atoms with Crippen molar-refractivity contribution in [1.29, 1.82) is 0 Å². The lowest BCUT2D eigenvalue weighted by Gasteiger charge is -2.07. The standard InChI is InChI=1S/C17H14Br2ClN3OS/c1-9-15(21-17(24)14-7-13(18)16(19)25-14)10(2)23(22-9)8-11-3-5-12(20)6-4-11/h3-7H,8H2,1-2H3,(H,21,24). The first-order valence-corrected chi connectivity index (χ1v) is 10.2. The summed E-state index contributed by atoms with van der Waals surface area (Å²) in [6.45, 7) is 4.46. The number of aromatic nitrogens is 2. The summed E-state index contributed by atoms with van der Waals surface area (Å²) in [5.74, 6) is -0.145. The highest BCUT2D eigenvalue weighted by molar-refractivity contribution is 9.13. The van der Waals surface area contributed by atoms with Gasteiger partial charge in [-0.25, -0.2) is 0 Å². The molecule has 1 amide bonds. The Morgan fingerprint density at radius 3 is 2.56 bits per heavy atom. The zero-order valence-electron chi connectivity index (χ0n) is 13.4. The van der Waals surface area contributed by atoms with Crippen molar-refractivity contribution >= 4 is 66.4 Å². The molecule has 1 N–H and O–H groups in total. The van der Waals surface area contributed by atoms with E-state index in [4.69, 9.17) is 11.6 Å². The van der Waals surface area contributed by atoms with Crippen LogP contribution in [0.5, 0.6) is 0 Å². The number of nitrogens with zero attached hydrogens (tertiary/aromatic N) is 2. The fourth-order valence-corrected chi connectivity index (χ4v) is 4.49. The molecule has 0 spiro atoms. The molecule has 3 rings (SSSR count). The average Bonchev–Trinajstić information content (AvgIpc) is 3.04. The maximum Gasteiger partial charge on any atom is 0.265 e. The van der Waals surface area contributed by atoms with E-state index in [9.17, 15) is 4.79 Å². The Morgan fingerprint density at radius 1 is 1.28 bits per heavy atom. The Morgan fingerprint density at radius 2 is 1.96 bits per heavy atom.